The van der Waals surface area contributed by atoms with E-state index in [1.165, 1.54) is 6.07 Å². The number of imidazole rings is 1. The molecule has 2 fully saturated rings. The molecular weight excluding hydrogens is 443 g/mol. The molecule has 9 heteroatoms. The largest absolute Gasteiger partial charge is 0.435 e. The Labute approximate surface area is 192 Å². The number of β-lactam (4-membered cyclic amide) rings is 1. The first kappa shape index (κ1) is 20.8. The average Bonchev–Trinajstić information content (AvgIpc) is 3.52. The Morgan fingerprint density at radius 1 is 1.03 bits per heavy atom. The Balaban J connectivity index is 1.35. The van der Waals surface area contributed by atoms with Gasteiger partial charge in [-0.1, -0.05) is 12.1 Å². The Morgan fingerprint density at radius 3 is 2.53 bits per heavy atom. The zero-order chi connectivity index (χ0) is 23.6. The fourth-order valence-electron chi connectivity index (χ4n) is 4.92. The lowest BCUT2D eigenvalue weighted by atomic mass is 9.77. The summed E-state index contributed by atoms with van der Waals surface area (Å²) in [7, 11) is 0. The van der Waals surface area contributed by atoms with E-state index in [0.717, 1.165) is 46.8 Å². The minimum atomic E-state index is -4.53. The van der Waals surface area contributed by atoms with Crippen molar-refractivity contribution in [3.05, 3.63) is 71.7 Å². The van der Waals surface area contributed by atoms with Crippen LogP contribution in [-0.2, 0) is 11.0 Å². The Hall–Kier alpha value is -3.75. The van der Waals surface area contributed by atoms with Gasteiger partial charge in [-0.3, -0.25) is 4.79 Å². The summed E-state index contributed by atoms with van der Waals surface area (Å²) in [6.07, 6.45) is -0.791. The second kappa shape index (κ2) is 7.38. The summed E-state index contributed by atoms with van der Waals surface area (Å²) in [5.74, 6) is 0.451. The van der Waals surface area contributed by atoms with Crippen molar-refractivity contribution < 1.29 is 18.0 Å². The number of carbonyl (C=O) groups is 1. The monoisotopic (exact) mass is 463 g/mol. The highest BCUT2D eigenvalue weighted by Gasteiger charge is 2.55. The number of fused-ring (bicyclic) bond motifs is 1. The number of hydrogen-bond acceptors (Lipinski definition) is 4. The van der Waals surface area contributed by atoms with E-state index >= 15 is 0 Å². The second-order valence-electron chi connectivity index (χ2n) is 8.99. The minimum absolute atomic E-state index is 0.0645. The van der Waals surface area contributed by atoms with E-state index in [0.29, 0.717) is 17.2 Å². The number of hydrogen-bond donors (Lipinski definition) is 1. The van der Waals surface area contributed by atoms with E-state index in [9.17, 15) is 18.0 Å². The standard InChI is InChI=1S/C25H20F3N5O/c1-13-10-15(18-8-9-21(32-31-18)25(26,27)28)4-6-17(13)23-22(14-2-3-14)24(34)33(23)16-5-7-19-20(11-16)30-12-29-19/h4-12,14,22-23H,2-3H2,1H3,(H,29,30). The van der Waals surface area contributed by atoms with Gasteiger partial charge in [-0.2, -0.15) is 13.2 Å². The van der Waals surface area contributed by atoms with E-state index in [2.05, 4.69) is 20.2 Å². The van der Waals surface area contributed by atoms with Crippen molar-refractivity contribution in [3.8, 4) is 11.3 Å². The third-order valence-electron chi connectivity index (χ3n) is 6.79. The first-order valence-corrected chi connectivity index (χ1v) is 11.1. The van der Waals surface area contributed by atoms with Gasteiger partial charge in [0.05, 0.1) is 35.0 Å². The highest BCUT2D eigenvalue weighted by molar-refractivity contribution is 6.04. The summed E-state index contributed by atoms with van der Waals surface area (Å²) in [6, 6.07) is 13.6. The number of halogens is 3. The van der Waals surface area contributed by atoms with Crippen LogP contribution in [-0.4, -0.2) is 26.1 Å². The van der Waals surface area contributed by atoms with Crippen LogP contribution < -0.4 is 4.90 Å². The molecule has 0 bridgehead atoms. The number of nitrogens with one attached hydrogen (secondary N) is 1. The Kier molecular flexibility index (Phi) is 4.52. The van der Waals surface area contributed by atoms with Crippen LogP contribution in [0.5, 0.6) is 0 Å². The highest BCUT2D eigenvalue weighted by Crippen LogP contribution is 2.54. The van der Waals surface area contributed by atoms with Gasteiger partial charge in [0.25, 0.3) is 0 Å². The van der Waals surface area contributed by atoms with E-state index in [1.54, 1.807) is 6.33 Å². The normalized spacial score (nSPS) is 20.6. The second-order valence-corrected chi connectivity index (χ2v) is 8.99. The SMILES string of the molecule is Cc1cc(-c2ccc(C(F)(F)F)nn2)ccc1C1C(C2CC2)C(=O)N1c1ccc2[nH]cnc2c1. The number of anilines is 1. The maximum Gasteiger partial charge on any atom is 0.435 e. The van der Waals surface area contributed by atoms with Crippen LogP contribution >= 0.6 is 0 Å². The van der Waals surface area contributed by atoms with E-state index in [1.807, 2.05) is 48.2 Å². The molecule has 1 amide bonds. The number of aromatic nitrogens is 4. The summed E-state index contributed by atoms with van der Waals surface area (Å²) >= 11 is 0. The quantitative estimate of drug-likeness (QED) is 0.408. The molecule has 3 heterocycles. The fourth-order valence-corrected chi connectivity index (χ4v) is 4.92. The van der Waals surface area contributed by atoms with Gasteiger partial charge < -0.3 is 9.88 Å². The van der Waals surface area contributed by atoms with Gasteiger partial charge >= 0.3 is 6.18 Å². The molecule has 1 N–H and O–H groups in total. The number of rotatable bonds is 4. The smallest absolute Gasteiger partial charge is 0.345 e. The summed E-state index contributed by atoms with van der Waals surface area (Å²) in [6.45, 7) is 1.96. The molecule has 4 aromatic rings. The summed E-state index contributed by atoms with van der Waals surface area (Å²) < 4.78 is 38.4. The molecule has 2 aromatic heterocycles. The molecule has 0 radical (unpaired) electrons. The predicted molar refractivity (Wildman–Crippen MR) is 120 cm³/mol. The number of H-pyrrole nitrogens is 1. The van der Waals surface area contributed by atoms with Crippen molar-refractivity contribution in [1.82, 2.24) is 20.2 Å². The van der Waals surface area contributed by atoms with E-state index in [4.69, 9.17) is 0 Å². The summed E-state index contributed by atoms with van der Waals surface area (Å²) in [4.78, 5) is 22.4. The number of carbonyl (C=O) groups excluding carboxylic acids is 1. The van der Waals surface area contributed by atoms with Gasteiger partial charge in [0.2, 0.25) is 5.91 Å². The first-order valence-electron chi connectivity index (χ1n) is 11.1. The van der Waals surface area contributed by atoms with Crippen molar-refractivity contribution >= 4 is 22.6 Å². The van der Waals surface area contributed by atoms with Gasteiger partial charge in [0.1, 0.15) is 0 Å². The molecule has 6 nitrogen and oxygen atoms in total. The topological polar surface area (TPSA) is 74.8 Å². The minimum Gasteiger partial charge on any atom is -0.345 e. The fraction of sp³-hybridized carbons (Fsp3) is 0.280. The molecule has 1 saturated heterocycles. The molecule has 2 atom stereocenters. The molecule has 2 unspecified atom stereocenters. The molecule has 34 heavy (non-hydrogen) atoms. The lowest BCUT2D eigenvalue weighted by Crippen LogP contribution is -2.56. The summed E-state index contributed by atoms with van der Waals surface area (Å²) in [5, 5.41) is 7.10. The van der Waals surface area contributed by atoms with Crippen LogP contribution in [0.25, 0.3) is 22.3 Å². The molecular formula is C25H20F3N5O. The van der Waals surface area contributed by atoms with Crippen LogP contribution in [0.2, 0.25) is 0 Å². The maximum absolute atomic E-state index is 13.2. The number of aryl methyl sites for hydroxylation is 1. The molecule has 1 aliphatic heterocycles. The predicted octanol–water partition coefficient (Wildman–Crippen LogP) is 5.46. The first-order chi connectivity index (χ1) is 16.3. The van der Waals surface area contributed by atoms with Crippen molar-refractivity contribution in [3.63, 3.8) is 0 Å². The zero-order valence-electron chi connectivity index (χ0n) is 18.2. The lowest BCUT2D eigenvalue weighted by molar-refractivity contribution is -0.141. The molecule has 6 rings (SSSR count). The molecule has 2 aliphatic rings. The number of nitrogens with zero attached hydrogens (tertiary/aromatic N) is 4. The number of amides is 1. The lowest BCUT2D eigenvalue weighted by Gasteiger charge is -2.48. The highest BCUT2D eigenvalue weighted by atomic mass is 19.4. The van der Waals surface area contributed by atoms with Crippen molar-refractivity contribution in [2.75, 3.05) is 4.90 Å². The average molecular weight is 463 g/mol. The number of alkyl halides is 3. The van der Waals surface area contributed by atoms with Crippen LogP contribution in [0.3, 0.4) is 0 Å². The van der Waals surface area contributed by atoms with Crippen LogP contribution in [0.4, 0.5) is 18.9 Å². The molecule has 0 spiro atoms. The summed E-state index contributed by atoms with van der Waals surface area (Å²) in [5.41, 5.74) is 4.53. The molecule has 1 saturated carbocycles. The van der Waals surface area contributed by atoms with Crippen molar-refractivity contribution in [1.29, 1.82) is 0 Å². The van der Waals surface area contributed by atoms with Gasteiger partial charge in [-0.05, 0) is 73.2 Å². The van der Waals surface area contributed by atoms with Gasteiger partial charge in [0, 0.05) is 11.3 Å². The van der Waals surface area contributed by atoms with Gasteiger partial charge in [-0.25, -0.2) is 4.98 Å². The molecule has 2 aromatic carbocycles. The van der Waals surface area contributed by atoms with Crippen LogP contribution in [0.1, 0.15) is 35.7 Å². The van der Waals surface area contributed by atoms with Crippen LogP contribution in [0.15, 0.2) is 54.9 Å². The third-order valence-corrected chi connectivity index (χ3v) is 6.79. The van der Waals surface area contributed by atoms with E-state index < -0.39 is 11.9 Å². The Bertz CT molecular complexity index is 1410. The van der Waals surface area contributed by atoms with Gasteiger partial charge in [-0.15, -0.1) is 10.2 Å². The van der Waals surface area contributed by atoms with Crippen molar-refractivity contribution in [2.45, 2.75) is 32.0 Å². The maximum atomic E-state index is 13.2. The van der Waals surface area contributed by atoms with Crippen LogP contribution in [0, 0.1) is 18.8 Å². The number of aromatic amines is 1. The molecule has 1 aliphatic carbocycles. The molecule has 172 valence electrons. The van der Waals surface area contributed by atoms with Crippen molar-refractivity contribution in [2.24, 2.45) is 11.8 Å². The number of benzene rings is 2. The van der Waals surface area contributed by atoms with Gasteiger partial charge in [0.15, 0.2) is 5.69 Å². The van der Waals surface area contributed by atoms with E-state index in [-0.39, 0.29) is 17.9 Å². The zero-order valence-corrected chi connectivity index (χ0v) is 18.2. The Morgan fingerprint density at radius 2 is 1.85 bits per heavy atom. The third kappa shape index (κ3) is 3.34.